The lowest BCUT2D eigenvalue weighted by Gasteiger charge is -2.35. The summed E-state index contributed by atoms with van der Waals surface area (Å²) in [5, 5.41) is 6.04. The summed E-state index contributed by atoms with van der Waals surface area (Å²) in [7, 11) is -3.45. The van der Waals surface area contributed by atoms with Gasteiger partial charge in [0.05, 0.1) is 22.8 Å². The van der Waals surface area contributed by atoms with E-state index in [4.69, 9.17) is 5.10 Å². The van der Waals surface area contributed by atoms with E-state index in [9.17, 15) is 8.42 Å². The van der Waals surface area contributed by atoms with Gasteiger partial charge in [0, 0.05) is 31.6 Å². The van der Waals surface area contributed by atoms with Gasteiger partial charge in [0.25, 0.3) is 0 Å². The Labute approximate surface area is 184 Å². The van der Waals surface area contributed by atoms with Crippen LogP contribution >= 0.6 is 0 Å². The van der Waals surface area contributed by atoms with E-state index in [-0.39, 0.29) is 0 Å². The number of hydrogen-bond acceptors (Lipinski definition) is 4. The molecule has 1 aromatic heterocycles. The molecule has 0 amide bonds. The smallest absolute Gasteiger partial charge is 0.236 e. The van der Waals surface area contributed by atoms with Gasteiger partial charge in [0.1, 0.15) is 0 Å². The van der Waals surface area contributed by atoms with Crippen molar-refractivity contribution < 1.29 is 8.42 Å². The van der Waals surface area contributed by atoms with Crippen molar-refractivity contribution in [3.05, 3.63) is 82.5 Å². The van der Waals surface area contributed by atoms with Crippen LogP contribution in [0.4, 0.5) is 5.69 Å². The molecule has 31 heavy (non-hydrogen) atoms. The highest BCUT2D eigenvalue weighted by Crippen LogP contribution is 2.28. The summed E-state index contributed by atoms with van der Waals surface area (Å²) < 4.78 is 29.1. The Bertz CT molecular complexity index is 1170. The maximum atomic E-state index is 12.8. The van der Waals surface area contributed by atoms with Crippen LogP contribution in [0.25, 0.3) is 11.8 Å². The fourth-order valence-electron chi connectivity index (χ4n) is 4.01. The van der Waals surface area contributed by atoms with E-state index >= 15 is 0 Å². The third-order valence-electron chi connectivity index (χ3n) is 5.68. The van der Waals surface area contributed by atoms with E-state index in [0.29, 0.717) is 26.2 Å². The first-order valence-corrected chi connectivity index (χ1v) is 12.0. The third-order valence-corrected chi connectivity index (χ3v) is 7.24. The van der Waals surface area contributed by atoms with E-state index in [0.717, 1.165) is 33.9 Å². The number of aryl methyl sites for hydroxylation is 2. The van der Waals surface area contributed by atoms with Gasteiger partial charge in [-0.3, -0.25) is 0 Å². The quantitative estimate of drug-likeness (QED) is 0.608. The second kappa shape index (κ2) is 8.69. The lowest BCUT2D eigenvalue weighted by molar-refractivity contribution is 0.389. The molecule has 3 aromatic rings. The SMILES string of the molecule is Cc1ccc(/C=C/S(=O)(=O)N2CCN(c3c(C)nn(-c4ccccc4)c3C)CC2)cc1. The second-order valence-corrected chi connectivity index (χ2v) is 9.73. The van der Waals surface area contributed by atoms with Crippen LogP contribution in [0.15, 0.2) is 60.0 Å². The molecule has 0 unspecified atom stereocenters. The zero-order chi connectivity index (χ0) is 22.0. The number of aromatic nitrogens is 2. The molecule has 0 atom stereocenters. The summed E-state index contributed by atoms with van der Waals surface area (Å²) in [4.78, 5) is 2.24. The van der Waals surface area contributed by atoms with Crippen molar-refractivity contribution in [2.24, 2.45) is 0 Å². The van der Waals surface area contributed by atoms with Gasteiger partial charge in [0.15, 0.2) is 0 Å². The highest BCUT2D eigenvalue weighted by molar-refractivity contribution is 7.92. The highest BCUT2D eigenvalue weighted by Gasteiger charge is 2.28. The van der Waals surface area contributed by atoms with Gasteiger partial charge in [0.2, 0.25) is 10.0 Å². The molecule has 2 aromatic carbocycles. The van der Waals surface area contributed by atoms with Gasteiger partial charge < -0.3 is 4.90 Å². The number of sulfonamides is 1. The van der Waals surface area contributed by atoms with Crippen molar-refractivity contribution >= 4 is 21.8 Å². The van der Waals surface area contributed by atoms with Crippen molar-refractivity contribution in [3.63, 3.8) is 0 Å². The van der Waals surface area contributed by atoms with Crippen molar-refractivity contribution in [2.75, 3.05) is 31.1 Å². The topological polar surface area (TPSA) is 58.4 Å². The summed E-state index contributed by atoms with van der Waals surface area (Å²) in [6.45, 7) is 8.27. The Kier molecular flexibility index (Phi) is 5.98. The fraction of sp³-hybridized carbons (Fsp3) is 0.292. The van der Waals surface area contributed by atoms with Crippen LogP contribution in [0.2, 0.25) is 0 Å². The molecule has 0 aliphatic carbocycles. The van der Waals surface area contributed by atoms with E-state index in [2.05, 4.69) is 11.8 Å². The first-order chi connectivity index (χ1) is 14.8. The van der Waals surface area contributed by atoms with Crippen molar-refractivity contribution in [2.45, 2.75) is 20.8 Å². The highest BCUT2D eigenvalue weighted by atomic mass is 32.2. The largest absolute Gasteiger partial charge is 0.366 e. The van der Waals surface area contributed by atoms with Crippen LogP contribution in [0.3, 0.4) is 0 Å². The molecule has 0 bridgehead atoms. The number of anilines is 1. The minimum atomic E-state index is -3.45. The van der Waals surface area contributed by atoms with Gasteiger partial charge in [-0.25, -0.2) is 13.1 Å². The zero-order valence-electron chi connectivity index (χ0n) is 18.2. The minimum absolute atomic E-state index is 0.454. The molecular weight excluding hydrogens is 408 g/mol. The number of hydrogen-bond donors (Lipinski definition) is 0. The average molecular weight is 437 g/mol. The summed E-state index contributed by atoms with van der Waals surface area (Å²) in [6.07, 6.45) is 1.67. The molecular formula is C24H28N4O2S. The third kappa shape index (κ3) is 4.57. The molecule has 2 heterocycles. The maximum Gasteiger partial charge on any atom is 0.236 e. The molecule has 0 spiro atoms. The summed E-state index contributed by atoms with van der Waals surface area (Å²) >= 11 is 0. The van der Waals surface area contributed by atoms with E-state index in [1.54, 1.807) is 10.4 Å². The maximum absolute atomic E-state index is 12.8. The summed E-state index contributed by atoms with van der Waals surface area (Å²) in [5.74, 6) is 0. The normalized spacial score (nSPS) is 15.6. The van der Waals surface area contributed by atoms with Gasteiger partial charge in [-0.05, 0) is 44.5 Å². The molecule has 7 heteroatoms. The first kappa shape index (κ1) is 21.3. The predicted molar refractivity (Wildman–Crippen MR) is 126 cm³/mol. The zero-order valence-corrected chi connectivity index (χ0v) is 19.0. The van der Waals surface area contributed by atoms with Gasteiger partial charge in [-0.2, -0.15) is 9.40 Å². The fourth-order valence-corrected chi connectivity index (χ4v) is 5.18. The number of para-hydroxylation sites is 1. The van der Waals surface area contributed by atoms with Gasteiger partial charge in [-0.1, -0.05) is 48.0 Å². The number of benzene rings is 2. The van der Waals surface area contributed by atoms with Crippen LogP contribution in [0.1, 0.15) is 22.5 Å². The minimum Gasteiger partial charge on any atom is -0.366 e. The Morgan fingerprint density at radius 1 is 0.871 bits per heavy atom. The Morgan fingerprint density at radius 2 is 1.52 bits per heavy atom. The van der Waals surface area contributed by atoms with Gasteiger partial charge >= 0.3 is 0 Å². The Hall–Kier alpha value is -2.90. The van der Waals surface area contributed by atoms with Crippen molar-refractivity contribution in [1.82, 2.24) is 14.1 Å². The molecule has 0 saturated carbocycles. The van der Waals surface area contributed by atoms with Gasteiger partial charge in [-0.15, -0.1) is 0 Å². The molecule has 162 valence electrons. The number of piperazine rings is 1. The van der Waals surface area contributed by atoms with Crippen LogP contribution in [0, 0.1) is 20.8 Å². The van der Waals surface area contributed by atoms with E-state index < -0.39 is 10.0 Å². The predicted octanol–water partition coefficient (Wildman–Crippen LogP) is 3.92. The molecule has 1 aliphatic rings. The monoisotopic (exact) mass is 436 g/mol. The summed E-state index contributed by atoms with van der Waals surface area (Å²) in [5.41, 5.74) is 6.17. The average Bonchev–Trinajstić information content (AvgIpc) is 3.08. The standard InChI is InChI=1S/C24H28N4O2S/c1-19-9-11-22(12-10-19)13-18-31(29,30)27-16-14-26(15-17-27)24-20(2)25-28(21(24)3)23-7-5-4-6-8-23/h4-13,18H,14-17H2,1-3H3/b18-13+. The van der Waals surface area contributed by atoms with Crippen LogP contribution in [-0.2, 0) is 10.0 Å². The molecule has 4 rings (SSSR count). The lowest BCUT2D eigenvalue weighted by Crippen LogP contribution is -2.48. The van der Waals surface area contributed by atoms with E-state index in [1.807, 2.05) is 73.1 Å². The van der Waals surface area contributed by atoms with Crippen molar-refractivity contribution in [3.8, 4) is 5.69 Å². The molecule has 0 N–H and O–H groups in total. The first-order valence-electron chi connectivity index (χ1n) is 10.5. The Balaban J connectivity index is 1.46. The molecule has 6 nitrogen and oxygen atoms in total. The lowest BCUT2D eigenvalue weighted by atomic mass is 10.2. The van der Waals surface area contributed by atoms with Crippen LogP contribution < -0.4 is 4.90 Å². The van der Waals surface area contributed by atoms with Crippen LogP contribution in [0.5, 0.6) is 0 Å². The molecule has 1 fully saturated rings. The Morgan fingerprint density at radius 3 is 2.16 bits per heavy atom. The van der Waals surface area contributed by atoms with Crippen molar-refractivity contribution in [1.29, 1.82) is 0 Å². The molecule has 0 radical (unpaired) electrons. The number of rotatable bonds is 5. The second-order valence-electron chi connectivity index (χ2n) is 7.91. The number of nitrogens with zero attached hydrogens (tertiary/aromatic N) is 4. The molecule has 1 aliphatic heterocycles. The van der Waals surface area contributed by atoms with E-state index in [1.165, 1.54) is 5.41 Å². The molecule has 1 saturated heterocycles. The van der Waals surface area contributed by atoms with Crippen LogP contribution in [-0.4, -0.2) is 48.7 Å². The summed E-state index contributed by atoms with van der Waals surface area (Å²) in [6, 6.07) is 17.9.